The van der Waals surface area contributed by atoms with Crippen molar-refractivity contribution in [3.05, 3.63) is 41.1 Å². The fraction of sp³-hybridized carbons (Fsp3) is 0.500. The predicted molar refractivity (Wildman–Crippen MR) is 90.0 cm³/mol. The molecule has 0 aliphatic heterocycles. The molecule has 22 heavy (non-hydrogen) atoms. The Labute approximate surface area is 135 Å². The molecule has 0 aliphatic carbocycles. The Bertz CT molecular complexity index is 557. The molecule has 0 spiro atoms. The number of imidazole rings is 1. The monoisotopic (exact) mass is 320 g/mol. The summed E-state index contributed by atoms with van der Waals surface area (Å²) in [4.78, 5) is 16.2. The van der Waals surface area contributed by atoms with E-state index < -0.39 is 0 Å². The lowest BCUT2D eigenvalue weighted by atomic mass is 9.86. The van der Waals surface area contributed by atoms with Crippen molar-refractivity contribution in [1.82, 2.24) is 20.2 Å². The molecule has 5 nitrogen and oxygen atoms in total. The van der Waals surface area contributed by atoms with Crippen LogP contribution in [0.1, 0.15) is 26.3 Å². The Morgan fingerprint density at radius 2 is 2.27 bits per heavy atom. The van der Waals surface area contributed by atoms with E-state index in [0.717, 1.165) is 6.42 Å². The van der Waals surface area contributed by atoms with Crippen molar-refractivity contribution in [3.8, 4) is 0 Å². The van der Waals surface area contributed by atoms with E-state index in [2.05, 4.69) is 53.2 Å². The maximum atomic E-state index is 12.1. The third-order valence-corrected chi connectivity index (χ3v) is 4.31. The first-order chi connectivity index (χ1) is 10.4. The van der Waals surface area contributed by atoms with E-state index in [9.17, 15) is 4.79 Å². The van der Waals surface area contributed by atoms with Gasteiger partial charge in [0.25, 0.3) is 0 Å². The lowest BCUT2D eigenvalue weighted by Gasteiger charge is -2.31. The van der Waals surface area contributed by atoms with Crippen LogP contribution in [0.4, 0.5) is 4.79 Å². The van der Waals surface area contributed by atoms with E-state index >= 15 is 0 Å². The first kappa shape index (κ1) is 16.5. The maximum Gasteiger partial charge on any atom is 0.315 e. The minimum atomic E-state index is -0.115. The molecule has 0 bridgehead atoms. The van der Waals surface area contributed by atoms with Crippen LogP contribution in [0, 0.1) is 5.41 Å². The number of carbonyl (C=O) groups excluding carboxylic acids is 1. The topological polar surface area (TPSA) is 59.0 Å². The highest BCUT2D eigenvalue weighted by atomic mass is 32.1. The average Bonchev–Trinajstić information content (AvgIpc) is 3.09. The number of hydrogen-bond acceptors (Lipinski definition) is 3. The molecule has 2 aromatic rings. The fourth-order valence-electron chi connectivity index (χ4n) is 2.11. The number of carbonyl (C=O) groups is 1. The van der Waals surface area contributed by atoms with Gasteiger partial charge in [0.15, 0.2) is 0 Å². The summed E-state index contributed by atoms with van der Waals surface area (Å²) < 4.78 is 1.99. The molecule has 0 aliphatic rings. The summed E-state index contributed by atoms with van der Waals surface area (Å²) in [5, 5.41) is 10.2. The number of hydrogen-bond donors (Lipinski definition) is 2. The second kappa shape index (κ2) is 7.45. The van der Waals surface area contributed by atoms with Gasteiger partial charge in [0, 0.05) is 25.5 Å². The quantitative estimate of drug-likeness (QED) is 0.860. The van der Waals surface area contributed by atoms with Gasteiger partial charge < -0.3 is 15.2 Å². The van der Waals surface area contributed by atoms with Gasteiger partial charge in [-0.05, 0) is 34.2 Å². The first-order valence-corrected chi connectivity index (χ1v) is 8.40. The lowest BCUT2D eigenvalue weighted by Crippen LogP contribution is -2.50. The van der Waals surface area contributed by atoms with Crippen molar-refractivity contribution in [2.45, 2.75) is 39.8 Å². The highest BCUT2D eigenvalue weighted by Crippen LogP contribution is 2.20. The van der Waals surface area contributed by atoms with Gasteiger partial charge >= 0.3 is 6.03 Å². The molecule has 0 fully saturated rings. The Morgan fingerprint density at radius 1 is 1.45 bits per heavy atom. The summed E-state index contributed by atoms with van der Waals surface area (Å²) >= 11 is 1.68. The number of nitrogens with one attached hydrogen (secondary N) is 2. The first-order valence-electron chi connectivity index (χ1n) is 7.46. The van der Waals surface area contributed by atoms with Crippen LogP contribution in [0.25, 0.3) is 0 Å². The van der Waals surface area contributed by atoms with Crippen LogP contribution in [0.2, 0.25) is 0 Å². The largest absolute Gasteiger partial charge is 0.338 e. The molecule has 2 N–H and O–H groups in total. The molecule has 0 unspecified atom stereocenters. The Kier molecular flexibility index (Phi) is 5.60. The van der Waals surface area contributed by atoms with Crippen LogP contribution in [-0.2, 0) is 13.0 Å². The number of rotatable bonds is 6. The third-order valence-electron chi connectivity index (χ3n) is 3.58. The van der Waals surface area contributed by atoms with Crippen molar-refractivity contribution < 1.29 is 4.79 Å². The molecule has 120 valence electrons. The van der Waals surface area contributed by atoms with E-state index in [1.807, 2.05) is 10.8 Å². The summed E-state index contributed by atoms with van der Waals surface area (Å²) in [7, 11) is 0. The Hall–Kier alpha value is -1.82. The Balaban J connectivity index is 1.82. The normalized spacial score (nSPS) is 12.9. The lowest BCUT2D eigenvalue weighted by molar-refractivity contribution is 0.209. The molecule has 6 heteroatoms. The number of nitrogens with zero attached hydrogens (tertiary/aromatic N) is 2. The van der Waals surface area contributed by atoms with E-state index in [4.69, 9.17) is 0 Å². The Morgan fingerprint density at radius 3 is 2.86 bits per heavy atom. The van der Waals surface area contributed by atoms with Crippen molar-refractivity contribution in [1.29, 1.82) is 0 Å². The average molecular weight is 320 g/mol. The molecule has 2 heterocycles. The highest BCUT2D eigenvalue weighted by molar-refractivity contribution is 7.07. The van der Waals surface area contributed by atoms with Gasteiger partial charge in [-0.25, -0.2) is 9.78 Å². The van der Waals surface area contributed by atoms with Crippen LogP contribution in [0.3, 0.4) is 0 Å². The minimum Gasteiger partial charge on any atom is -0.338 e. The van der Waals surface area contributed by atoms with Crippen molar-refractivity contribution in [2.24, 2.45) is 5.41 Å². The third kappa shape index (κ3) is 5.18. The molecule has 0 aromatic carbocycles. The molecular formula is C16H24N4OS. The zero-order chi connectivity index (χ0) is 16.0. The van der Waals surface area contributed by atoms with Gasteiger partial charge in [0.2, 0.25) is 0 Å². The molecular weight excluding hydrogens is 296 g/mol. The van der Waals surface area contributed by atoms with Gasteiger partial charge in [-0.15, -0.1) is 0 Å². The van der Waals surface area contributed by atoms with Gasteiger partial charge in [0.1, 0.15) is 0 Å². The van der Waals surface area contributed by atoms with Crippen LogP contribution in [-0.4, -0.2) is 28.2 Å². The van der Waals surface area contributed by atoms with Crippen LogP contribution in [0.15, 0.2) is 35.5 Å². The maximum absolute atomic E-state index is 12.1. The number of aromatic nitrogens is 2. The van der Waals surface area contributed by atoms with Crippen LogP contribution >= 0.6 is 11.3 Å². The zero-order valence-corrected chi connectivity index (χ0v) is 14.2. The highest BCUT2D eigenvalue weighted by Gasteiger charge is 2.26. The van der Waals surface area contributed by atoms with E-state index in [0.29, 0.717) is 13.1 Å². The van der Waals surface area contributed by atoms with Crippen LogP contribution in [0.5, 0.6) is 0 Å². The zero-order valence-electron chi connectivity index (χ0n) is 13.4. The second-order valence-corrected chi connectivity index (χ2v) is 7.24. The summed E-state index contributed by atoms with van der Waals surface area (Å²) in [6.07, 6.45) is 6.29. The van der Waals surface area contributed by atoms with E-state index in [1.165, 1.54) is 5.56 Å². The van der Waals surface area contributed by atoms with Crippen molar-refractivity contribution in [3.63, 3.8) is 0 Å². The summed E-state index contributed by atoms with van der Waals surface area (Å²) in [5.74, 6) is 0. The smallest absolute Gasteiger partial charge is 0.315 e. The number of amides is 2. The van der Waals surface area contributed by atoms with Crippen LogP contribution < -0.4 is 10.6 Å². The molecule has 0 radical (unpaired) electrons. The summed E-state index contributed by atoms with van der Waals surface area (Å²) in [6, 6.07) is 2.00. The van der Waals surface area contributed by atoms with Crippen molar-refractivity contribution >= 4 is 17.4 Å². The fourth-order valence-corrected chi connectivity index (χ4v) is 2.81. The SMILES string of the molecule is CC(C)(C)[C@@H](Cn1ccnc1)NC(=O)NCCc1ccsc1. The predicted octanol–water partition coefficient (Wildman–Crippen LogP) is 2.90. The minimum absolute atomic E-state index is 0.0304. The molecule has 0 saturated carbocycles. The molecule has 2 rings (SSSR count). The van der Waals surface area contributed by atoms with Gasteiger partial charge in [-0.1, -0.05) is 20.8 Å². The van der Waals surface area contributed by atoms with Crippen molar-refractivity contribution in [2.75, 3.05) is 6.54 Å². The molecule has 1 atom stereocenters. The summed E-state index contributed by atoms with van der Waals surface area (Å²) in [5.41, 5.74) is 1.23. The van der Waals surface area contributed by atoms with E-state index in [-0.39, 0.29) is 17.5 Å². The molecule has 2 amide bonds. The van der Waals surface area contributed by atoms with Gasteiger partial charge in [-0.3, -0.25) is 0 Å². The van der Waals surface area contributed by atoms with E-state index in [1.54, 1.807) is 23.9 Å². The van der Waals surface area contributed by atoms with Gasteiger partial charge in [0.05, 0.1) is 12.4 Å². The van der Waals surface area contributed by atoms with Gasteiger partial charge in [-0.2, -0.15) is 11.3 Å². The number of urea groups is 1. The second-order valence-electron chi connectivity index (χ2n) is 6.46. The standard InChI is InChI=1S/C16H24N4OS/c1-16(2,3)14(10-20-8-7-17-12-20)19-15(21)18-6-4-13-5-9-22-11-13/h5,7-9,11-12,14H,4,6,10H2,1-3H3,(H2,18,19,21)/t14-/m1/s1. The molecule has 2 aromatic heterocycles. The molecule has 0 saturated heterocycles. The number of thiophene rings is 1. The summed E-state index contributed by atoms with van der Waals surface area (Å²) in [6.45, 7) is 7.73.